The van der Waals surface area contributed by atoms with Crippen LogP contribution in [-0.4, -0.2) is 9.55 Å². The molecule has 0 saturated heterocycles. The second-order valence-electron chi connectivity index (χ2n) is 2.77. The summed E-state index contributed by atoms with van der Waals surface area (Å²) in [6.07, 6.45) is 4.98. The average molecular weight is 153 g/mol. The Bertz CT molecular complexity index is 217. The molecule has 11 heavy (non-hydrogen) atoms. The SMILES string of the molecule is CCC(C)n1cnc(CN)c1. The van der Waals surface area contributed by atoms with E-state index in [1.54, 1.807) is 0 Å². The van der Waals surface area contributed by atoms with Gasteiger partial charge in [-0.2, -0.15) is 0 Å². The van der Waals surface area contributed by atoms with Gasteiger partial charge in [-0.3, -0.25) is 0 Å². The third-order valence-electron chi connectivity index (χ3n) is 1.96. The number of rotatable bonds is 3. The van der Waals surface area contributed by atoms with E-state index in [0.717, 1.165) is 12.1 Å². The summed E-state index contributed by atoms with van der Waals surface area (Å²) < 4.78 is 2.10. The Morgan fingerprint density at radius 2 is 2.45 bits per heavy atom. The third-order valence-corrected chi connectivity index (χ3v) is 1.96. The van der Waals surface area contributed by atoms with Gasteiger partial charge in [-0.05, 0) is 13.3 Å². The first kappa shape index (κ1) is 8.27. The Labute approximate surface area is 67.2 Å². The summed E-state index contributed by atoms with van der Waals surface area (Å²) >= 11 is 0. The number of hydrogen-bond donors (Lipinski definition) is 1. The Balaban J connectivity index is 2.71. The van der Waals surface area contributed by atoms with E-state index in [1.807, 2.05) is 12.5 Å². The van der Waals surface area contributed by atoms with Crippen molar-refractivity contribution in [1.82, 2.24) is 9.55 Å². The van der Waals surface area contributed by atoms with Crippen molar-refractivity contribution in [3.63, 3.8) is 0 Å². The summed E-state index contributed by atoms with van der Waals surface area (Å²) in [5, 5.41) is 0. The van der Waals surface area contributed by atoms with Crippen LogP contribution in [0.2, 0.25) is 0 Å². The zero-order valence-corrected chi connectivity index (χ0v) is 7.12. The molecule has 0 aliphatic heterocycles. The second-order valence-corrected chi connectivity index (χ2v) is 2.77. The molecule has 1 aromatic rings. The van der Waals surface area contributed by atoms with Crippen molar-refractivity contribution in [2.75, 3.05) is 0 Å². The molecule has 1 aromatic heterocycles. The molecule has 1 heterocycles. The first-order chi connectivity index (χ1) is 5.27. The van der Waals surface area contributed by atoms with Crippen molar-refractivity contribution in [2.24, 2.45) is 5.73 Å². The summed E-state index contributed by atoms with van der Waals surface area (Å²) in [4.78, 5) is 4.14. The van der Waals surface area contributed by atoms with Gasteiger partial charge in [-0.1, -0.05) is 6.92 Å². The molecule has 0 radical (unpaired) electrons. The number of nitrogens with two attached hydrogens (primary N) is 1. The fourth-order valence-corrected chi connectivity index (χ4v) is 0.937. The first-order valence-electron chi connectivity index (χ1n) is 4.00. The normalized spacial score (nSPS) is 13.4. The lowest BCUT2D eigenvalue weighted by Gasteiger charge is -2.08. The highest BCUT2D eigenvalue weighted by Gasteiger charge is 2.01. The monoisotopic (exact) mass is 153 g/mol. The van der Waals surface area contributed by atoms with Crippen LogP contribution >= 0.6 is 0 Å². The summed E-state index contributed by atoms with van der Waals surface area (Å²) in [5.41, 5.74) is 6.39. The van der Waals surface area contributed by atoms with Crippen molar-refractivity contribution in [1.29, 1.82) is 0 Å². The number of aromatic nitrogens is 2. The molecule has 1 rings (SSSR count). The van der Waals surface area contributed by atoms with Crippen LogP contribution in [0.15, 0.2) is 12.5 Å². The maximum absolute atomic E-state index is 5.43. The Morgan fingerprint density at radius 1 is 1.73 bits per heavy atom. The topological polar surface area (TPSA) is 43.8 Å². The summed E-state index contributed by atoms with van der Waals surface area (Å²) in [5.74, 6) is 0. The van der Waals surface area contributed by atoms with Crippen LogP contribution in [0.5, 0.6) is 0 Å². The molecule has 0 fully saturated rings. The molecule has 1 atom stereocenters. The minimum atomic E-state index is 0.530. The minimum absolute atomic E-state index is 0.530. The van der Waals surface area contributed by atoms with Gasteiger partial charge in [0.15, 0.2) is 0 Å². The van der Waals surface area contributed by atoms with Crippen LogP contribution in [0.1, 0.15) is 32.0 Å². The lowest BCUT2D eigenvalue weighted by Crippen LogP contribution is -2.00. The standard InChI is InChI=1S/C8H15N3/c1-3-7(2)11-5-8(4-9)10-6-11/h5-7H,3-4,9H2,1-2H3. The van der Waals surface area contributed by atoms with Crippen molar-refractivity contribution in [3.8, 4) is 0 Å². The summed E-state index contributed by atoms with van der Waals surface area (Å²) in [6, 6.07) is 0.530. The zero-order valence-electron chi connectivity index (χ0n) is 7.12. The number of hydrogen-bond acceptors (Lipinski definition) is 2. The molecule has 0 aromatic carbocycles. The van der Waals surface area contributed by atoms with Crippen LogP contribution in [0.4, 0.5) is 0 Å². The number of imidazole rings is 1. The van der Waals surface area contributed by atoms with Crippen LogP contribution < -0.4 is 5.73 Å². The molecule has 0 bridgehead atoms. The van der Waals surface area contributed by atoms with Gasteiger partial charge in [-0.15, -0.1) is 0 Å². The van der Waals surface area contributed by atoms with Crippen molar-refractivity contribution < 1.29 is 0 Å². The second kappa shape index (κ2) is 3.53. The van der Waals surface area contributed by atoms with E-state index in [4.69, 9.17) is 5.73 Å². The first-order valence-corrected chi connectivity index (χ1v) is 4.00. The van der Waals surface area contributed by atoms with Crippen molar-refractivity contribution in [2.45, 2.75) is 32.9 Å². The zero-order chi connectivity index (χ0) is 8.27. The van der Waals surface area contributed by atoms with Gasteiger partial charge in [0.1, 0.15) is 0 Å². The maximum atomic E-state index is 5.43. The van der Waals surface area contributed by atoms with Gasteiger partial charge in [-0.25, -0.2) is 4.98 Å². The Morgan fingerprint density at radius 3 is 2.91 bits per heavy atom. The molecule has 0 amide bonds. The number of nitrogens with zero attached hydrogens (tertiary/aromatic N) is 2. The van der Waals surface area contributed by atoms with Crippen molar-refractivity contribution in [3.05, 3.63) is 18.2 Å². The van der Waals surface area contributed by atoms with E-state index >= 15 is 0 Å². The maximum Gasteiger partial charge on any atom is 0.0952 e. The summed E-state index contributed by atoms with van der Waals surface area (Å²) in [7, 11) is 0. The molecular weight excluding hydrogens is 138 g/mol. The molecule has 3 nitrogen and oxygen atoms in total. The molecule has 3 heteroatoms. The third kappa shape index (κ3) is 1.80. The predicted molar refractivity (Wildman–Crippen MR) is 45.1 cm³/mol. The summed E-state index contributed by atoms with van der Waals surface area (Å²) in [6.45, 7) is 4.86. The van der Waals surface area contributed by atoms with Gasteiger partial charge in [0.05, 0.1) is 12.0 Å². The van der Waals surface area contributed by atoms with Gasteiger partial charge < -0.3 is 10.3 Å². The van der Waals surface area contributed by atoms with Gasteiger partial charge in [0, 0.05) is 18.8 Å². The molecular formula is C8H15N3. The Hall–Kier alpha value is -0.830. The molecule has 0 aliphatic carbocycles. The van der Waals surface area contributed by atoms with Crippen LogP contribution in [0.25, 0.3) is 0 Å². The predicted octanol–water partition coefficient (Wildman–Crippen LogP) is 1.31. The molecule has 62 valence electrons. The molecule has 0 saturated carbocycles. The van der Waals surface area contributed by atoms with E-state index in [1.165, 1.54) is 0 Å². The lowest BCUT2D eigenvalue weighted by molar-refractivity contribution is 0.530. The fourth-order valence-electron chi connectivity index (χ4n) is 0.937. The minimum Gasteiger partial charge on any atom is -0.334 e. The van der Waals surface area contributed by atoms with Crippen LogP contribution in [0, 0.1) is 0 Å². The fraction of sp³-hybridized carbons (Fsp3) is 0.625. The van der Waals surface area contributed by atoms with E-state index < -0.39 is 0 Å². The van der Waals surface area contributed by atoms with Crippen molar-refractivity contribution >= 4 is 0 Å². The van der Waals surface area contributed by atoms with Gasteiger partial charge >= 0.3 is 0 Å². The molecule has 0 spiro atoms. The van der Waals surface area contributed by atoms with E-state index in [-0.39, 0.29) is 0 Å². The van der Waals surface area contributed by atoms with Gasteiger partial charge in [0.2, 0.25) is 0 Å². The molecule has 1 unspecified atom stereocenters. The smallest absolute Gasteiger partial charge is 0.0952 e. The largest absolute Gasteiger partial charge is 0.334 e. The van der Waals surface area contributed by atoms with E-state index in [0.29, 0.717) is 12.6 Å². The quantitative estimate of drug-likeness (QED) is 0.711. The molecule has 2 N–H and O–H groups in total. The highest BCUT2D eigenvalue weighted by Crippen LogP contribution is 2.09. The van der Waals surface area contributed by atoms with E-state index in [2.05, 4.69) is 23.4 Å². The van der Waals surface area contributed by atoms with Gasteiger partial charge in [0.25, 0.3) is 0 Å². The van der Waals surface area contributed by atoms with Crippen LogP contribution in [-0.2, 0) is 6.54 Å². The lowest BCUT2D eigenvalue weighted by atomic mass is 10.2. The molecule has 0 aliphatic rings. The average Bonchev–Trinajstić information content (AvgIpc) is 2.50. The highest BCUT2D eigenvalue weighted by atomic mass is 15.1. The van der Waals surface area contributed by atoms with Crippen LogP contribution in [0.3, 0.4) is 0 Å². The Kier molecular flexibility index (Phi) is 2.65. The van der Waals surface area contributed by atoms with E-state index in [9.17, 15) is 0 Å². The highest BCUT2D eigenvalue weighted by molar-refractivity contribution is 4.96.